The van der Waals surface area contributed by atoms with E-state index in [0.717, 1.165) is 32.4 Å². The molecule has 1 heterocycles. The average Bonchev–Trinajstić information content (AvgIpc) is 2.88. The van der Waals surface area contributed by atoms with Gasteiger partial charge in [0, 0.05) is 11.0 Å². The third-order valence-electron chi connectivity index (χ3n) is 3.24. The van der Waals surface area contributed by atoms with Crippen LogP contribution >= 0.6 is 11.8 Å². The van der Waals surface area contributed by atoms with Crippen LogP contribution < -0.4 is 4.74 Å². The van der Waals surface area contributed by atoms with Gasteiger partial charge in [0.25, 0.3) is 0 Å². The molecular formula is C16H16N2O2S. The van der Waals surface area contributed by atoms with Crippen molar-refractivity contribution >= 4 is 22.8 Å². The minimum atomic E-state index is -0.502. The number of nitrogens with one attached hydrogen (secondary N) is 1. The zero-order valence-corrected chi connectivity index (χ0v) is 12.6. The molecule has 3 aromatic rings. The van der Waals surface area contributed by atoms with Gasteiger partial charge in [0.05, 0.1) is 24.2 Å². The monoisotopic (exact) mass is 300 g/mol. The van der Waals surface area contributed by atoms with Crippen LogP contribution in [0.2, 0.25) is 0 Å². The number of methoxy groups -OCH3 is 1. The first-order valence-corrected chi connectivity index (χ1v) is 7.47. The van der Waals surface area contributed by atoms with Gasteiger partial charge in [-0.1, -0.05) is 30.0 Å². The lowest BCUT2D eigenvalue weighted by Crippen LogP contribution is -1.93. The number of nitrogens with zero attached hydrogens (tertiary/aromatic N) is 1. The van der Waals surface area contributed by atoms with Crippen molar-refractivity contribution in [1.82, 2.24) is 9.97 Å². The highest BCUT2D eigenvalue weighted by atomic mass is 32.2. The van der Waals surface area contributed by atoms with Crippen LogP contribution in [-0.4, -0.2) is 22.2 Å². The molecule has 5 heteroatoms. The van der Waals surface area contributed by atoms with E-state index in [4.69, 9.17) is 4.74 Å². The Kier molecular flexibility index (Phi) is 3.86. The maximum Gasteiger partial charge on any atom is 0.171 e. The summed E-state index contributed by atoms with van der Waals surface area (Å²) in [5, 5.41) is 10.6. The minimum absolute atomic E-state index is 0.502. The van der Waals surface area contributed by atoms with Crippen molar-refractivity contribution < 1.29 is 9.84 Å². The Morgan fingerprint density at radius 3 is 2.81 bits per heavy atom. The molecule has 0 fully saturated rings. The second-order valence-electron chi connectivity index (χ2n) is 4.74. The SMILES string of the molecule is COc1ccc2nc(Sc3ccccc3[C@H](C)O)[nH]c2c1. The molecule has 0 saturated carbocycles. The van der Waals surface area contributed by atoms with Crippen LogP contribution in [0.5, 0.6) is 5.75 Å². The molecule has 108 valence electrons. The first kappa shape index (κ1) is 14.0. The van der Waals surface area contributed by atoms with Crippen molar-refractivity contribution in [3.8, 4) is 5.75 Å². The van der Waals surface area contributed by atoms with Crippen molar-refractivity contribution in [1.29, 1.82) is 0 Å². The number of aliphatic hydroxyl groups excluding tert-OH is 1. The summed E-state index contributed by atoms with van der Waals surface area (Å²) in [6.07, 6.45) is -0.502. The van der Waals surface area contributed by atoms with Gasteiger partial charge in [0.2, 0.25) is 0 Å². The van der Waals surface area contributed by atoms with Gasteiger partial charge < -0.3 is 14.8 Å². The molecule has 0 unspecified atom stereocenters. The summed E-state index contributed by atoms with van der Waals surface area (Å²) in [7, 11) is 1.64. The third kappa shape index (κ3) is 2.89. The highest BCUT2D eigenvalue weighted by molar-refractivity contribution is 7.99. The molecule has 0 aliphatic carbocycles. The Hall–Kier alpha value is -1.98. The number of H-pyrrole nitrogens is 1. The highest BCUT2D eigenvalue weighted by Crippen LogP contribution is 2.33. The molecule has 0 bridgehead atoms. The average molecular weight is 300 g/mol. The predicted molar refractivity (Wildman–Crippen MR) is 83.8 cm³/mol. The summed E-state index contributed by atoms with van der Waals surface area (Å²) in [5.74, 6) is 0.798. The predicted octanol–water partition coefficient (Wildman–Crippen LogP) is 3.78. The summed E-state index contributed by atoms with van der Waals surface area (Å²) in [4.78, 5) is 8.83. The molecule has 1 aromatic heterocycles. The molecule has 0 aliphatic heterocycles. The zero-order chi connectivity index (χ0) is 14.8. The van der Waals surface area contributed by atoms with Crippen LogP contribution in [0.4, 0.5) is 0 Å². The number of hydrogen-bond donors (Lipinski definition) is 2. The largest absolute Gasteiger partial charge is 0.497 e. The Morgan fingerprint density at radius 2 is 2.05 bits per heavy atom. The first-order valence-electron chi connectivity index (χ1n) is 6.66. The van der Waals surface area contributed by atoms with Crippen LogP contribution in [0.1, 0.15) is 18.6 Å². The number of ether oxygens (including phenoxy) is 1. The Bertz CT molecular complexity index is 768. The zero-order valence-electron chi connectivity index (χ0n) is 11.8. The molecule has 2 N–H and O–H groups in total. The van der Waals surface area contributed by atoms with Crippen LogP contribution in [0.25, 0.3) is 11.0 Å². The van der Waals surface area contributed by atoms with E-state index in [0.29, 0.717) is 0 Å². The Labute approximate surface area is 127 Å². The number of hydrogen-bond acceptors (Lipinski definition) is 4. The number of imidazole rings is 1. The van der Waals surface area contributed by atoms with E-state index in [2.05, 4.69) is 9.97 Å². The molecule has 21 heavy (non-hydrogen) atoms. The molecule has 0 spiro atoms. The quantitative estimate of drug-likeness (QED) is 0.770. The Morgan fingerprint density at radius 1 is 1.24 bits per heavy atom. The topological polar surface area (TPSA) is 58.1 Å². The van der Waals surface area contributed by atoms with Gasteiger partial charge in [-0.3, -0.25) is 0 Å². The van der Waals surface area contributed by atoms with E-state index in [1.165, 1.54) is 11.8 Å². The van der Waals surface area contributed by atoms with Crippen molar-refractivity contribution in [3.63, 3.8) is 0 Å². The van der Waals surface area contributed by atoms with Gasteiger partial charge in [-0.25, -0.2) is 4.98 Å². The van der Waals surface area contributed by atoms with Crippen molar-refractivity contribution in [2.45, 2.75) is 23.1 Å². The maximum atomic E-state index is 9.83. The molecule has 3 rings (SSSR count). The summed E-state index contributed by atoms with van der Waals surface area (Å²) >= 11 is 1.51. The fourth-order valence-electron chi connectivity index (χ4n) is 2.16. The van der Waals surface area contributed by atoms with E-state index < -0.39 is 6.10 Å². The van der Waals surface area contributed by atoms with Crippen molar-refractivity contribution in [2.24, 2.45) is 0 Å². The van der Waals surface area contributed by atoms with Gasteiger partial charge in [0.1, 0.15) is 5.75 Å². The molecule has 4 nitrogen and oxygen atoms in total. The number of aromatic amines is 1. The summed E-state index contributed by atoms with van der Waals surface area (Å²) in [5.41, 5.74) is 2.74. The van der Waals surface area contributed by atoms with Gasteiger partial charge in [-0.2, -0.15) is 0 Å². The van der Waals surface area contributed by atoms with E-state index in [-0.39, 0.29) is 0 Å². The lowest BCUT2D eigenvalue weighted by Gasteiger charge is -2.09. The summed E-state index contributed by atoms with van der Waals surface area (Å²) in [6.45, 7) is 1.77. The van der Waals surface area contributed by atoms with Gasteiger partial charge in [0.15, 0.2) is 5.16 Å². The molecule has 2 aromatic carbocycles. The number of benzene rings is 2. The van der Waals surface area contributed by atoms with Crippen molar-refractivity contribution in [3.05, 3.63) is 48.0 Å². The normalized spacial score (nSPS) is 12.5. The van der Waals surface area contributed by atoms with E-state index in [9.17, 15) is 5.11 Å². The van der Waals surface area contributed by atoms with E-state index >= 15 is 0 Å². The lowest BCUT2D eigenvalue weighted by molar-refractivity contribution is 0.196. The minimum Gasteiger partial charge on any atom is -0.497 e. The van der Waals surface area contributed by atoms with E-state index in [1.54, 1.807) is 14.0 Å². The molecular weight excluding hydrogens is 284 g/mol. The fourth-order valence-corrected chi connectivity index (χ4v) is 3.18. The first-order chi connectivity index (χ1) is 10.2. The summed E-state index contributed by atoms with van der Waals surface area (Å²) in [6, 6.07) is 13.5. The third-order valence-corrected chi connectivity index (χ3v) is 4.22. The van der Waals surface area contributed by atoms with Gasteiger partial charge >= 0.3 is 0 Å². The molecule has 0 saturated heterocycles. The number of aliphatic hydroxyl groups is 1. The number of fused-ring (bicyclic) bond motifs is 1. The second-order valence-corrected chi connectivity index (χ2v) is 5.77. The summed E-state index contributed by atoms with van der Waals surface area (Å²) < 4.78 is 5.21. The number of rotatable bonds is 4. The highest BCUT2D eigenvalue weighted by Gasteiger charge is 2.11. The maximum absolute atomic E-state index is 9.83. The number of aromatic nitrogens is 2. The van der Waals surface area contributed by atoms with Crippen LogP contribution in [0.15, 0.2) is 52.5 Å². The van der Waals surface area contributed by atoms with Gasteiger partial charge in [-0.05, 0) is 30.7 Å². The smallest absolute Gasteiger partial charge is 0.171 e. The Balaban J connectivity index is 1.95. The van der Waals surface area contributed by atoms with Crippen LogP contribution in [-0.2, 0) is 0 Å². The second kappa shape index (κ2) is 5.79. The van der Waals surface area contributed by atoms with Crippen LogP contribution in [0.3, 0.4) is 0 Å². The molecule has 1 atom stereocenters. The van der Waals surface area contributed by atoms with E-state index in [1.807, 2.05) is 42.5 Å². The van der Waals surface area contributed by atoms with Crippen molar-refractivity contribution in [2.75, 3.05) is 7.11 Å². The lowest BCUT2D eigenvalue weighted by atomic mass is 10.1. The molecule has 0 amide bonds. The molecule has 0 radical (unpaired) electrons. The fraction of sp³-hybridized carbons (Fsp3) is 0.188. The molecule has 0 aliphatic rings. The van der Waals surface area contributed by atoms with Crippen LogP contribution in [0, 0.1) is 0 Å². The standard InChI is InChI=1S/C16H16N2O2S/c1-10(19)12-5-3-4-6-15(12)21-16-17-13-8-7-11(20-2)9-14(13)18-16/h3-10,19H,1-2H3,(H,17,18)/t10-/m0/s1. The van der Waals surface area contributed by atoms with Gasteiger partial charge in [-0.15, -0.1) is 0 Å².